The van der Waals surface area contributed by atoms with Gasteiger partial charge in [0.1, 0.15) is 5.75 Å². The monoisotopic (exact) mass is 241 g/mol. The van der Waals surface area contributed by atoms with Crippen molar-refractivity contribution in [3.63, 3.8) is 0 Å². The number of hydrogen-bond donors (Lipinski definition) is 0. The van der Waals surface area contributed by atoms with Crippen LogP contribution in [0.15, 0.2) is 36.4 Å². The highest BCUT2D eigenvalue weighted by Gasteiger charge is 2.40. The lowest BCUT2D eigenvalue weighted by Crippen LogP contribution is -2.29. The Morgan fingerprint density at radius 1 is 1.11 bits per heavy atom. The Bertz CT molecular complexity index is 610. The summed E-state index contributed by atoms with van der Waals surface area (Å²) in [7, 11) is 2.02. The quantitative estimate of drug-likeness (QED) is 0.708. The first kappa shape index (κ1) is 10.4. The highest BCUT2D eigenvalue weighted by atomic mass is 16.7. The Morgan fingerprint density at radius 2 is 2.00 bits per heavy atom. The van der Waals surface area contributed by atoms with E-state index in [1.807, 2.05) is 12.1 Å². The lowest BCUT2D eigenvalue weighted by atomic mass is 9.88. The van der Waals surface area contributed by atoms with E-state index in [2.05, 4.69) is 36.4 Å². The van der Waals surface area contributed by atoms with Gasteiger partial charge in [-0.25, -0.2) is 0 Å². The number of benzene rings is 2. The highest BCUT2D eigenvalue weighted by Crippen LogP contribution is 2.45. The van der Waals surface area contributed by atoms with Crippen LogP contribution in [0.2, 0.25) is 0 Å². The van der Waals surface area contributed by atoms with Crippen LogP contribution in [0, 0.1) is 5.92 Å². The van der Waals surface area contributed by atoms with Gasteiger partial charge in [-0.15, -0.1) is 0 Å². The fourth-order valence-corrected chi connectivity index (χ4v) is 3.14. The molecular formula is C15H15NO2. The first-order chi connectivity index (χ1) is 8.84. The summed E-state index contributed by atoms with van der Waals surface area (Å²) in [6.45, 7) is 1.50. The van der Waals surface area contributed by atoms with Crippen LogP contribution in [0.1, 0.15) is 11.6 Å². The van der Waals surface area contributed by atoms with Crippen molar-refractivity contribution in [2.75, 3.05) is 20.3 Å². The van der Waals surface area contributed by atoms with Crippen molar-refractivity contribution >= 4 is 10.8 Å². The predicted octanol–water partition coefficient (Wildman–Crippen LogP) is 2.77. The standard InChI is InChI=1S/C15H15NO2/c1-16-15-11(9-18-16)8-17-13-7-6-10-4-2-3-5-12(10)14(13)15/h2-7,11,15H,8-9H2,1H3/t11-,15-/m0/s1. The molecule has 0 saturated carbocycles. The third-order valence-corrected chi connectivity index (χ3v) is 4.01. The van der Waals surface area contributed by atoms with Gasteiger partial charge in [0.25, 0.3) is 0 Å². The number of fused-ring (bicyclic) bond motifs is 5. The summed E-state index contributed by atoms with van der Waals surface area (Å²) in [5.41, 5.74) is 1.28. The molecule has 3 nitrogen and oxygen atoms in total. The summed E-state index contributed by atoms with van der Waals surface area (Å²) in [6, 6.07) is 13.0. The molecule has 18 heavy (non-hydrogen) atoms. The van der Waals surface area contributed by atoms with Gasteiger partial charge in [0.2, 0.25) is 0 Å². The molecule has 1 saturated heterocycles. The molecule has 2 aliphatic heterocycles. The molecule has 0 radical (unpaired) electrons. The fraction of sp³-hybridized carbons (Fsp3) is 0.333. The fourth-order valence-electron chi connectivity index (χ4n) is 3.14. The molecule has 0 aliphatic carbocycles. The van der Waals surface area contributed by atoms with Crippen LogP contribution in [0.5, 0.6) is 5.75 Å². The van der Waals surface area contributed by atoms with Crippen LogP contribution in [0.25, 0.3) is 10.8 Å². The Kier molecular flexibility index (Phi) is 2.13. The molecule has 2 aromatic rings. The van der Waals surface area contributed by atoms with Crippen LogP contribution in [0.3, 0.4) is 0 Å². The van der Waals surface area contributed by atoms with E-state index in [1.165, 1.54) is 16.3 Å². The number of ether oxygens (including phenoxy) is 1. The SMILES string of the molecule is CN1OC[C@@H]2COc3ccc4ccccc4c3[C@H]21. The van der Waals surface area contributed by atoms with Crippen LogP contribution in [0.4, 0.5) is 0 Å². The topological polar surface area (TPSA) is 21.7 Å². The van der Waals surface area contributed by atoms with Gasteiger partial charge in [0.15, 0.2) is 0 Å². The molecule has 0 spiro atoms. The minimum atomic E-state index is 0.319. The minimum absolute atomic E-state index is 0.319. The third kappa shape index (κ3) is 1.32. The summed E-state index contributed by atoms with van der Waals surface area (Å²) >= 11 is 0. The Morgan fingerprint density at radius 3 is 2.94 bits per heavy atom. The first-order valence-electron chi connectivity index (χ1n) is 6.35. The van der Waals surface area contributed by atoms with Gasteiger partial charge < -0.3 is 4.74 Å². The lowest BCUT2D eigenvalue weighted by molar-refractivity contribution is -0.110. The Labute approximate surface area is 106 Å². The van der Waals surface area contributed by atoms with E-state index in [4.69, 9.17) is 9.57 Å². The molecule has 0 N–H and O–H groups in total. The molecule has 4 rings (SSSR count). The molecule has 2 aromatic carbocycles. The van der Waals surface area contributed by atoms with Crippen molar-refractivity contribution in [3.05, 3.63) is 42.0 Å². The summed E-state index contributed by atoms with van der Waals surface area (Å²) in [5, 5.41) is 4.53. The van der Waals surface area contributed by atoms with Crippen molar-refractivity contribution < 1.29 is 9.57 Å². The molecule has 0 bridgehead atoms. The van der Waals surface area contributed by atoms with E-state index in [0.717, 1.165) is 19.0 Å². The van der Waals surface area contributed by atoms with Crippen molar-refractivity contribution in [3.8, 4) is 5.75 Å². The van der Waals surface area contributed by atoms with E-state index in [9.17, 15) is 0 Å². The second-order valence-electron chi connectivity index (χ2n) is 5.06. The molecule has 2 heterocycles. The summed E-state index contributed by atoms with van der Waals surface area (Å²) in [6.07, 6.45) is 0. The molecule has 2 aliphatic rings. The van der Waals surface area contributed by atoms with Crippen molar-refractivity contribution in [2.45, 2.75) is 6.04 Å². The molecule has 92 valence electrons. The summed E-state index contributed by atoms with van der Waals surface area (Å²) < 4.78 is 5.89. The third-order valence-electron chi connectivity index (χ3n) is 4.01. The average molecular weight is 241 g/mol. The molecule has 1 fully saturated rings. The Hall–Kier alpha value is -1.58. The van der Waals surface area contributed by atoms with E-state index in [-0.39, 0.29) is 0 Å². The van der Waals surface area contributed by atoms with Gasteiger partial charge in [0, 0.05) is 18.5 Å². The maximum absolute atomic E-state index is 5.89. The van der Waals surface area contributed by atoms with Gasteiger partial charge in [-0.1, -0.05) is 30.3 Å². The molecule has 2 atom stereocenters. The predicted molar refractivity (Wildman–Crippen MR) is 69.4 cm³/mol. The average Bonchev–Trinajstić information content (AvgIpc) is 2.80. The maximum Gasteiger partial charge on any atom is 0.124 e. The zero-order chi connectivity index (χ0) is 12.1. The van der Waals surface area contributed by atoms with Gasteiger partial charge in [-0.2, -0.15) is 5.06 Å². The summed E-state index contributed by atoms with van der Waals surface area (Å²) in [4.78, 5) is 5.66. The smallest absolute Gasteiger partial charge is 0.124 e. The van der Waals surface area contributed by atoms with Crippen LogP contribution in [-0.2, 0) is 4.84 Å². The number of rotatable bonds is 0. The van der Waals surface area contributed by atoms with Crippen molar-refractivity contribution in [2.24, 2.45) is 5.92 Å². The second kappa shape index (κ2) is 3.70. The van der Waals surface area contributed by atoms with Crippen LogP contribution < -0.4 is 4.74 Å². The maximum atomic E-state index is 5.89. The summed E-state index contributed by atoms with van der Waals surface area (Å²) in [5.74, 6) is 1.45. The van der Waals surface area contributed by atoms with E-state index >= 15 is 0 Å². The van der Waals surface area contributed by atoms with Crippen LogP contribution >= 0.6 is 0 Å². The van der Waals surface area contributed by atoms with Gasteiger partial charge in [-0.05, 0) is 16.8 Å². The van der Waals surface area contributed by atoms with E-state index in [0.29, 0.717) is 12.0 Å². The second-order valence-corrected chi connectivity index (χ2v) is 5.06. The number of nitrogens with zero attached hydrogens (tertiary/aromatic N) is 1. The number of hydrogen-bond acceptors (Lipinski definition) is 3. The van der Waals surface area contributed by atoms with Gasteiger partial charge >= 0.3 is 0 Å². The normalized spacial score (nSPS) is 26.7. The first-order valence-corrected chi connectivity index (χ1v) is 6.35. The van der Waals surface area contributed by atoms with Crippen LogP contribution in [-0.4, -0.2) is 25.3 Å². The van der Waals surface area contributed by atoms with Gasteiger partial charge in [0.05, 0.1) is 19.3 Å². The van der Waals surface area contributed by atoms with E-state index < -0.39 is 0 Å². The Balaban J connectivity index is 2.01. The molecular weight excluding hydrogens is 226 g/mol. The molecule has 0 unspecified atom stereocenters. The van der Waals surface area contributed by atoms with Crippen molar-refractivity contribution in [1.82, 2.24) is 5.06 Å². The lowest BCUT2D eigenvalue weighted by Gasteiger charge is -2.31. The zero-order valence-corrected chi connectivity index (χ0v) is 10.3. The van der Waals surface area contributed by atoms with E-state index in [1.54, 1.807) is 0 Å². The number of hydroxylamine groups is 2. The molecule has 0 amide bonds. The zero-order valence-electron chi connectivity index (χ0n) is 10.3. The minimum Gasteiger partial charge on any atom is -0.493 e. The molecule has 0 aromatic heterocycles. The van der Waals surface area contributed by atoms with Crippen molar-refractivity contribution in [1.29, 1.82) is 0 Å². The van der Waals surface area contributed by atoms with Gasteiger partial charge in [-0.3, -0.25) is 4.84 Å². The molecule has 3 heteroatoms. The highest BCUT2D eigenvalue weighted by molar-refractivity contribution is 5.88. The largest absolute Gasteiger partial charge is 0.493 e.